The summed E-state index contributed by atoms with van der Waals surface area (Å²) in [7, 11) is 0. The summed E-state index contributed by atoms with van der Waals surface area (Å²) in [6.45, 7) is 0. The van der Waals surface area contributed by atoms with Gasteiger partial charge in [0, 0.05) is 24.9 Å². The van der Waals surface area contributed by atoms with Crippen molar-refractivity contribution in [2.24, 2.45) is 5.73 Å². The van der Waals surface area contributed by atoms with Crippen LogP contribution >= 0.6 is 0 Å². The van der Waals surface area contributed by atoms with Crippen molar-refractivity contribution in [3.05, 3.63) is 0 Å². The van der Waals surface area contributed by atoms with Crippen LogP contribution in [0.15, 0.2) is 0 Å². The Labute approximate surface area is 83.4 Å². The molecule has 78 valence electrons. The lowest BCUT2D eigenvalue weighted by atomic mass is 9.91. The molecule has 0 unspecified atom stereocenters. The van der Waals surface area contributed by atoms with Crippen LogP contribution in [-0.4, -0.2) is 28.8 Å². The Morgan fingerprint density at radius 2 is 1.50 bits per heavy atom. The summed E-state index contributed by atoms with van der Waals surface area (Å²) in [4.78, 5) is 24.4. The molecule has 0 aromatic rings. The molecule has 0 radical (unpaired) electrons. The van der Waals surface area contributed by atoms with E-state index in [0.717, 1.165) is 25.7 Å². The van der Waals surface area contributed by atoms with Crippen molar-refractivity contribution < 1.29 is 9.59 Å². The van der Waals surface area contributed by atoms with Crippen molar-refractivity contribution in [1.29, 1.82) is 0 Å². The van der Waals surface area contributed by atoms with Crippen molar-refractivity contribution >= 4 is 11.8 Å². The molecule has 4 heteroatoms. The normalized spacial score (nSPS) is 33.9. The molecule has 1 aliphatic carbocycles. The van der Waals surface area contributed by atoms with E-state index >= 15 is 0 Å². The van der Waals surface area contributed by atoms with Gasteiger partial charge in [-0.05, 0) is 25.7 Å². The highest BCUT2D eigenvalue weighted by Crippen LogP contribution is 2.26. The molecular formula is C10H16N2O2. The first kappa shape index (κ1) is 9.65. The number of hydrogen-bond acceptors (Lipinski definition) is 3. The van der Waals surface area contributed by atoms with E-state index in [1.807, 2.05) is 0 Å². The van der Waals surface area contributed by atoms with E-state index in [-0.39, 0.29) is 23.9 Å². The van der Waals surface area contributed by atoms with Crippen LogP contribution in [-0.2, 0) is 9.59 Å². The topological polar surface area (TPSA) is 63.4 Å². The van der Waals surface area contributed by atoms with Crippen molar-refractivity contribution in [1.82, 2.24) is 4.90 Å². The van der Waals surface area contributed by atoms with Gasteiger partial charge >= 0.3 is 0 Å². The van der Waals surface area contributed by atoms with Crippen LogP contribution in [0.5, 0.6) is 0 Å². The number of nitrogens with zero attached hydrogens (tertiary/aromatic N) is 1. The molecule has 2 aliphatic rings. The monoisotopic (exact) mass is 196 g/mol. The van der Waals surface area contributed by atoms with Crippen LogP contribution in [0, 0.1) is 0 Å². The molecule has 4 nitrogen and oxygen atoms in total. The number of imide groups is 1. The first-order chi connectivity index (χ1) is 6.68. The number of carbonyl (C=O) groups excluding carboxylic acids is 2. The molecule has 0 aromatic carbocycles. The largest absolute Gasteiger partial charge is 0.328 e. The summed E-state index contributed by atoms with van der Waals surface area (Å²) in [6, 6.07) is 0.399. The lowest BCUT2D eigenvalue weighted by molar-refractivity contribution is -0.141. The standard InChI is InChI=1S/C10H16N2O2/c11-7-1-3-8(4-2-7)12-9(13)5-6-10(12)14/h7-8H,1-6,11H2/t7-,8-. The van der Waals surface area contributed by atoms with Crippen molar-refractivity contribution in [3.63, 3.8) is 0 Å². The number of nitrogens with two attached hydrogens (primary N) is 1. The van der Waals surface area contributed by atoms with Crippen LogP contribution in [0.3, 0.4) is 0 Å². The van der Waals surface area contributed by atoms with Gasteiger partial charge in [0.05, 0.1) is 0 Å². The second-order valence-electron chi connectivity index (χ2n) is 4.23. The van der Waals surface area contributed by atoms with E-state index in [2.05, 4.69) is 0 Å². The molecule has 0 atom stereocenters. The highest BCUT2D eigenvalue weighted by atomic mass is 16.2. The van der Waals surface area contributed by atoms with E-state index in [4.69, 9.17) is 5.73 Å². The number of amides is 2. The van der Waals surface area contributed by atoms with Gasteiger partial charge in [0.25, 0.3) is 0 Å². The molecule has 1 saturated carbocycles. The number of likely N-dealkylation sites (tertiary alicyclic amines) is 1. The second-order valence-corrected chi connectivity index (χ2v) is 4.23. The van der Waals surface area contributed by atoms with Gasteiger partial charge in [-0.15, -0.1) is 0 Å². The Morgan fingerprint density at radius 1 is 1.00 bits per heavy atom. The fourth-order valence-corrected chi connectivity index (χ4v) is 2.36. The molecule has 14 heavy (non-hydrogen) atoms. The van der Waals surface area contributed by atoms with E-state index in [1.165, 1.54) is 4.90 Å². The molecular weight excluding hydrogens is 180 g/mol. The predicted octanol–water partition coefficient (Wildman–Crippen LogP) is 0.405. The van der Waals surface area contributed by atoms with E-state index in [1.54, 1.807) is 0 Å². The van der Waals surface area contributed by atoms with Crippen molar-refractivity contribution in [3.8, 4) is 0 Å². The number of rotatable bonds is 1. The zero-order chi connectivity index (χ0) is 10.1. The molecule has 2 rings (SSSR count). The van der Waals surface area contributed by atoms with Gasteiger partial charge in [0.15, 0.2) is 0 Å². The zero-order valence-corrected chi connectivity index (χ0v) is 8.24. The summed E-state index contributed by atoms with van der Waals surface area (Å²) in [5.41, 5.74) is 5.78. The smallest absolute Gasteiger partial charge is 0.229 e. The van der Waals surface area contributed by atoms with Crippen LogP contribution in [0.1, 0.15) is 38.5 Å². The fourth-order valence-electron chi connectivity index (χ4n) is 2.36. The third-order valence-electron chi connectivity index (χ3n) is 3.20. The molecule has 0 spiro atoms. The summed E-state index contributed by atoms with van der Waals surface area (Å²) < 4.78 is 0. The average molecular weight is 196 g/mol. The van der Waals surface area contributed by atoms with Gasteiger partial charge in [-0.1, -0.05) is 0 Å². The molecule has 1 saturated heterocycles. The first-order valence-corrected chi connectivity index (χ1v) is 5.29. The van der Waals surface area contributed by atoms with Gasteiger partial charge in [-0.2, -0.15) is 0 Å². The number of hydrogen-bond donors (Lipinski definition) is 1. The average Bonchev–Trinajstić information content (AvgIpc) is 2.49. The Morgan fingerprint density at radius 3 is 2.00 bits per heavy atom. The Balaban J connectivity index is 2.00. The second kappa shape index (κ2) is 3.69. The van der Waals surface area contributed by atoms with Gasteiger partial charge in [0.2, 0.25) is 11.8 Å². The van der Waals surface area contributed by atoms with Crippen LogP contribution < -0.4 is 5.73 Å². The first-order valence-electron chi connectivity index (χ1n) is 5.29. The molecule has 2 fully saturated rings. The third kappa shape index (κ3) is 1.66. The minimum Gasteiger partial charge on any atom is -0.328 e. The van der Waals surface area contributed by atoms with Crippen molar-refractivity contribution in [2.45, 2.75) is 50.6 Å². The molecule has 0 bridgehead atoms. The summed E-state index contributed by atoms with van der Waals surface area (Å²) >= 11 is 0. The summed E-state index contributed by atoms with van der Waals surface area (Å²) in [5.74, 6) is 0.0194. The molecule has 2 amide bonds. The van der Waals surface area contributed by atoms with Crippen LogP contribution in [0.25, 0.3) is 0 Å². The Hall–Kier alpha value is -0.900. The van der Waals surface area contributed by atoms with Crippen LogP contribution in [0.4, 0.5) is 0 Å². The lowest BCUT2D eigenvalue weighted by Crippen LogP contribution is -2.43. The summed E-state index contributed by atoms with van der Waals surface area (Å²) in [5, 5.41) is 0. The Kier molecular flexibility index (Phi) is 2.54. The quantitative estimate of drug-likeness (QED) is 0.618. The molecule has 1 aliphatic heterocycles. The molecule has 1 heterocycles. The van der Waals surface area contributed by atoms with Crippen LogP contribution in [0.2, 0.25) is 0 Å². The van der Waals surface area contributed by atoms with Crippen molar-refractivity contribution in [2.75, 3.05) is 0 Å². The Bertz CT molecular complexity index is 241. The summed E-state index contributed by atoms with van der Waals surface area (Å²) in [6.07, 6.45) is 4.45. The van der Waals surface area contributed by atoms with E-state index in [0.29, 0.717) is 12.8 Å². The van der Waals surface area contributed by atoms with E-state index < -0.39 is 0 Å². The highest BCUT2D eigenvalue weighted by molar-refractivity contribution is 6.02. The number of carbonyl (C=O) groups is 2. The van der Waals surface area contributed by atoms with E-state index in [9.17, 15) is 9.59 Å². The van der Waals surface area contributed by atoms with Gasteiger partial charge in [-0.3, -0.25) is 14.5 Å². The molecule has 0 aromatic heterocycles. The SMILES string of the molecule is N[C@H]1CC[C@H](N2C(=O)CCC2=O)CC1. The van der Waals surface area contributed by atoms with Gasteiger partial charge < -0.3 is 5.73 Å². The fraction of sp³-hybridized carbons (Fsp3) is 0.800. The maximum absolute atomic E-state index is 11.4. The van der Waals surface area contributed by atoms with Gasteiger partial charge in [-0.25, -0.2) is 0 Å². The van der Waals surface area contributed by atoms with Gasteiger partial charge in [0.1, 0.15) is 0 Å². The maximum atomic E-state index is 11.4. The minimum absolute atomic E-state index is 0.00970. The maximum Gasteiger partial charge on any atom is 0.229 e. The predicted molar refractivity (Wildman–Crippen MR) is 51.3 cm³/mol. The third-order valence-corrected chi connectivity index (χ3v) is 3.20. The lowest BCUT2D eigenvalue weighted by Gasteiger charge is -2.31. The molecule has 2 N–H and O–H groups in total. The zero-order valence-electron chi connectivity index (χ0n) is 8.24. The highest BCUT2D eigenvalue weighted by Gasteiger charge is 2.36. The minimum atomic E-state index is 0.00970.